The SMILES string of the molecule is CC1CCOC1C(=O)c1ccc(Cc2ccccc2)cc1. The van der Waals surface area contributed by atoms with Crippen molar-refractivity contribution in [2.45, 2.75) is 25.9 Å². The first kappa shape index (κ1) is 14.0. The standard InChI is InChI=1S/C19H20O2/c1-14-11-12-21-19(14)18(20)17-9-7-16(8-10-17)13-15-5-3-2-4-6-15/h2-10,14,19H,11-13H2,1H3. The van der Waals surface area contributed by atoms with Crippen LogP contribution in [-0.4, -0.2) is 18.5 Å². The molecule has 1 fully saturated rings. The highest BCUT2D eigenvalue weighted by atomic mass is 16.5. The van der Waals surface area contributed by atoms with E-state index in [9.17, 15) is 4.79 Å². The normalized spacial score (nSPS) is 21.4. The van der Waals surface area contributed by atoms with Gasteiger partial charge in [-0.05, 0) is 29.9 Å². The van der Waals surface area contributed by atoms with Crippen molar-refractivity contribution in [3.63, 3.8) is 0 Å². The molecule has 2 nitrogen and oxygen atoms in total. The zero-order valence-corrected chi connectivity index (χ0v) is 12.3. The van der Waals surface area contributed by atoms with Crippen molar-refractivity contribution in [3.05, 3.63) is 71.3 Å². The lowest BCUT2D eigenvalue weighted by Gasteiger charge is -2.13. The fourth-order valence-electron chi connectivity index (χ4n) is 2.81. The molecule has 0 aliphatic carbocycles. The average Bonchev–Trinajstić information content (AvgIpc) is 2.94. The molecule has 1 heterocycles. The van der Waals surface area contributed by atoms with Crippen LogP contribution in [0.1, 0.15) is 34.8 Å². The van der Waals surface area contributed by atoms with Crippen molar-refractivity contribution in [2.24, 2.45) is 5.92 Å². The Hall–Kier alpha value is -1.93. The number of Topliss-reactive ketones (excluding diaryl/α,β-unsaturated/α-hetero) is 1. The molecule has 2 aromatic carbocycles. The molecule has 0 aromatic heterocycles. The third-order valence-electron chi connectivity index (χ3n) is 4.14. The highest BCUT2D eigenvalue weighted by Crippen LogP contribution is 2.24. The van der Waals surface area contributed by atoms with E-state index in [1.807, 2.05) is 42.5 Å². The maximum Gasteiger partial charge on any atom is 0.191 e. The number of carbonyl (C=O) groups is 1. The summed E-state index contributed by atoms with van der Waals surface area (Å²) in [6.45, 7) is 2.78. The summed E-state index contributed by atoms with van der Waals surface area (Å²) in [5.41, 5.74) is 3.26. The second-order valence-corrected chi connectivity index (χ2v) is 5.78. The van der Waals surface area contributed by atoms with E-state index in [1.165, 1.54) is 11.1 Å². The van der Waals surface area contributed by atoms with Crippen LogP contribution in [-0.2, 0) is 11.2 Å². The Balaban J connectivity index is 1.70. The van der Waals surface area contributed by atoms with Crippen molar-refractivity contribution >= 4 is 5.78 Å². The van der Waals surface area contributed by atoms with Gasteiger partial charge in [-0.1, -0.05) is 61.5 Å². The predicted octanol–water partition coefficient (Wildman–Crippen LogP) is 3.89. The lowest BCUT2D eigenvalue weighted by atomic mass is 9.95. The molecule has 1 aliphatic heterocycles. The number of carbonyl (C=O) groups excluding carboxylic acids is 1. The Labute approximate surface area is 125 Å². The van der Waals surface area contributed by atoms with Crippen molar-refractivity contribution in [3.8, 4) is 0 Å². The number of ether oxygens (including phenoxy) is 1. The molecule has 0 N–H and O–H groups in total. The second-order valence-electron chi connectivity index (χ2n) is 5.78. The van der Waals surface area contributed by atoms with E-state index in [0.29, 0.717) is 12.5 Å². The first-order valence-corrected chi connectivity index (χ1v) is 7.53. The smallest absolute Gasteiger partial charge is 0.191 e. The minimum atomic E-state index is -0.259. The molecular weight excluding hydrogens is 260 g/mol. The van der Waals surface area contributed by atoms with Gasteiger partial charge >= 0.3 is 0 Å². The second kappa shape index (κ2) is 6.23. The zero-order valence-electron chi connectivity index (χ0n) is 12.3. The maximum absolute atomic E-state index is 12.4. The van der Waals surface area contributed by atoms with Gasteiger partial charge in [0.2, 0.25) is 0 Å². The Morgan fingerprint density at radius 2 is 1.71 bits per heavy atom. The van der Waals surface area contributed by atoms with Crippen molar-refractivity contribution in [2.75, 3.05) is 6.61 Å². The van der Waals surface area contributed by atoms with Crippen molar-refractivity contribution < 1.29 is 9.53 Å². The van der Waals surface area contributed by atoms with E-state index in [4.69, 9.17) is 4.74 Å². The quantitative estimate of drug-likeness (QED) is 0.794. The third kappa shape index (κ3) is 3.22. The van der Waals surface area contributed by atoms with Crippen LogP contribution in [0.5, 0.6) is 0 Å². The van der Waals surface area contributed by atoms with Gasteiger partial charge in [0.1, 0.15) is 6.10 Å². The number of hydrogen-bond acceptors (Lipinski definition) is 2. The summed E-state index contributed by atoms with van der Waals surface area (Å²) in [5.74, 6) is 0.438. The summed E-state index contributed by atoms with van der Waals surface area (Å²) in [4.78, 5) is 12.4. The van der Waals surface area contributed by atoms with Crippen molar-refractivity contribution in [1.29, 1.82) is 0 Å². The van der Waals surface area contributed by atoms with E-state index in [1.54, 1.807) is 0 Å². The summed E-state index contributed by atoms with van der Waals surface area (Å²) in [6, 6.07) is 18.3. The van der Waals surface area contributed by atoms with Gasteiger partial charge in [0.25, 0.3) is 0 Å². The van der Waals surface area contributed by atoms with Crippen LogP contribution in [0.25, 0.3) is 0 Å². The third-order valence-corrected chi connectivity index (χ3v) is 4.14. The molecule has 0 radical (unpaired) electrons. The zero-order chi connectivity index (χ0) is 14.7. The van der Waals surface area contributed by atoms with Crippen LogP contribution >= 0.6 is 0 Å². The van der Waals surface area contributed by atoms with Crippen LogP contribution < -0.4 is 0 Å². The van der Waals surface area contributed by atoms with E-state index < -0.39 is 0 Å². The molecule has 0 saturated carbocycles. The van der Waals surface area contributed by atoms with Crippen LogP contribution in [0, 0.1) is 5.92 Å². The van der Waals surface area contributed by atoms with E-state index in [-0.39, 0.29) is 11.9 Å². The van der Waals surface area contributed by atoms with Crippen LogP contribution in [0.3, 0.4) is 0 Å². The average molecular weight is 280 g/mol. The summed E-state index contributed by atoms with van der Waals surface area (Å²) < 4.78 is 5.56. The Kier molecular flexibility index (Phi) is 4.16. The molecule has 21 heavy (non-hydrogen) atoms. The van der Waals surface area contributed by atoms with Gasteiger partial charge in [0.05, 0.1) is 0 Å². The number of benzene rings is 2. The number of ketones is 1. The minimum absolute atomic E-state index is 0.117. The highest BCUT2D eigenvalue weighted by molar-refractivity contribution is 5.99. The molecule has 2 aromatic rings. The van der Waals surface area contributed by atoms with Gasteiger partial charge in [-0.15, -0.1) is 0 Å². The van der Waals surface area contributed by atoms with Gasteiger partial charge in [-0.2, -0.15) is 0 Å². The minimum Gasteiger partial charge on any atom is -0.370 e. The Morgan fingerprint density at radius 3 is 2.33 bits per heavy atom. The maximum atomic E-state index is 12.4. The van der Waals surface area contributed by atoms with Crippen LogP contribution in [0.15, 0.2) is 54.6 Å². The first-order valence-electron chi connectivity index (χ1n) is 7.53. The Bertz CT molecular complexity index is 601. The van der Waals surface area contributed by atoms with Gasteiger partial charge in [-0.25, -0.2) is 0 Å². The molecule has 2 heteroatoms. The molecular formula is C19H20O2. The molecule has 1 aliphatic rings. The van der Waals surface area contributed by atoms with Crippen LogP contribution in [0.4, 0.5) is 0 Å². The summed E-state index contributed by atoms with van der Waals surface area (Å²) in [6.07, 6.45) is 1.61. The molecule has 3 rings (SSSR count). The molecule has 0 spiro atoms. The number of rotatable bonds is 4. The molecule has 2 unspecified atom stereocenters. The Morgan fingerprint density at radius 1 is 1.05 bits per heavy atom. The van der Waals surface area contributed by atoms with Crippen molar-refractivity contribution in [1.82, 2.24) is 0 Å². The fourth-order valence-corrected chi connectivity index (χ4v) is 2.81. The summed E-state index contributed by atoms with van der Waals surface area (Å²) >= 11 is 0. The van der Waals surface area contributed by atoms with E-state index in [0.717, 1.165) is 18.4 Å². The lowest BCUT2D eigenvalue weighted by molar-refractivity contribution is 0.0579. The first-order chi connectivity index (χ1) is 10.2. The number of hydrogen-bond donors (Lipinski definition) is 0. The van der Waals surface area contributed by atoms with Gasteiger partial charge in [0, 0.05) is 12.2 Å². The lowest BCUT2D eigenvalue weighted by Crippen LogP contribution is -2.25. The van der Waals surface area contributed by atoms with Gasteiger partial charge in [-0.3, -0.25) is 4.79 Å². The largest absolute Gasteiger partial charge is 0.370 e. The topological polar surface area (TPSA) is 26.3 Å². The molecule has 2 atom stereocenters. The monoisotopic (exact) mass is 280 g/mol. The van der Waals surface area contributed by atoms with E-state index in [2.05, 4.69) is 19.1 Å². The molecule has 0 bridgehead atoms. The predicted molar refractivity (Wildman–Crippen MR) is 83.5 cm³/mol. The van der Waals surface area contributed by atoms with E-state index >= 15 is 0 Å². The molecule has 108 valence electrons. The molecule has 0 amide bonds. The highest BCUT2D eigenvalue weighted by Gasteiger charge is 2.31. The van der Waals surface area contributed by atoms with Crippen LogP contribution in [0.2, 0.25) is 0 Å². The summed E-state index contributed by atoms with van der Waals surface area (Å²) in [7, 11) is 0. The van der Waals surface area contributed by atoms with Gasteiger partial charge in [0.15, 0.2) is 5.78 Å². The fraction of sp³-hybridized carbons (Fsp3) is 0.316. The van der Waals surface area contributed by atoms with Gasteiger partial charge < -0.3 is 4.74 Å². The molecule has 1 saturated heterocycles. The summed E-state index contributed by atoms with van der Waals surface area (Å²) in [5, 5.41) is 0.